The van der Waals surface area contributed by atoms with Gasteiger partial charge in [-0.2, -0.15) is 0 Å². The first kappa shape index (κ1) is 16.9. The molecule has 3 N–H and O–H groups in total. The van der Waals surface area contributed by atoms with Gasteiger partial charge < -0.3 is 15.7 Å². The summed E-state index contributed by atoms with van der Waals surface area (Å²) in [6.45, 7) is -0.733. The summed E-state index contributed by atoms with van der Waals surface area (Å²) in [5, 5.41) is 13.3. The molecule has 0 saturated heterocycles. The Morgan fingerprint density at radius 1 is 1.19 bits per heavy atom. The summed E-state index contributed by atoms with van der Waals surface area (Å²) in [7, 11) is 0. The van der Waals surface area contributed by atoms with E-state index in [9.17, 15) is 18.4 Å². The lowest BCUT2D eigenvalue weighted by atomic mass is 10.0. The van der Waals surface area contributed by atoms with Gasteiger partial charge >= 0.3 is 12.0 Å². The molecular weight excluding hydrogens is 282 g/mol. The number of nitrogens with one attached hydrogen (secondary N) is 2. The summed E-state index contributed by atoms with van der Waals surface area (Å²) in [6.07, 6.45) is -2.06. The van der Waals surface area contributed by atoms with Crippen molar-refractivity contribution in [1.29, 1.82) is 0 Å². The highest BCUT2D eigenvalue weighted by molar-refractivity contribution is 5.74. The summed E-state index contributed by atoms with van der Waals surface area (Å²) in [4.78, 5) is 22.1. The van der Waals surface area contributed by atoms with E-state index < -0.39 is 31.0 Å². The summed E-state index contributed by atoms with van der Waals surface area (Å²) in [6, 6.07) is 8.07. The Bertz CT molecular complexity index is 455. The number of halogens is 2. The summed E-state index contributed by atoms with van der Waals surface area (Å²) in [5.41, 5.74) is 0.932. The highest BCUT2D eigenvalue weighted by Gasteiger charge is 2.15. The molecule has 21 heavy (non-hydrogen) atoms. The number of carbonyl (C=O) groups is 2. The van der Waals surface area contributed by atoms with Crippen LogP contribution in [0.3, 0.4) is 0 Å². The monoisotopic (exact) mass is 300 g/mol. The molecule has 0 radical (unpaired) electrons. The second-order valence-corrected chi connectivity index (χ2v) is 4.56. The van der Waals surface area contributed by atoms with Crippen LogP contribution >= 0.6 is 0 Å². The quantitative estimate of drug-likeness (QED) is 0.687. The SMILES string of the molecule is O=C(O)CCC(Cc1ccccc1)NC(=O)NCC(F)F. The van der Waals surface area contributed by atoms with Gasteiger partial charge in [-0.1, -0.05) is 30.3 Å². The highest BCUT2D eigenvalue weighted by atomic mass is 19.3. The second kappa shape index (κ2) is 8.89. The minimum absolute atomic E-state index is 0.105. The number of amides is 2. The minimum atomic E-state index is -2.62. The van der Waals surface area contributed by atoms with Crippen LogP contribution in [-0.4, -0.2) is 36.1 Å². The smallest absolute Gasteiger partial charge is 0.315 e. The lowest BCUT2D eigenvalue weighted by molar-refractivity contribution is -0.137. The number of hydrogen-bond acceptors (Lipinski definition) is 2. The van der Waals surface area contributed by atoms with Gasteiger partial charge in [0.2, 0.25) is 0 Å². The maximum Gasteiger partial charge on any atom is 0.315 e. The van der Waals surface area contributed by atoms with E-state index in [0.717, 1.165) is 5.56 Å². The van der Waals surface area contributed by atoms with Crippen molar-refractivity contribution < 1.29 is 23.5 Å². The van der Waals surface area contributed by atoms with E-state index in [1.165, 1.54) is 0 Å². The molecule has 1 aromatic carbocycles. The van der Waals surface area contributed by atoms with Gasteiger partial charge in [-0.3, -0.25) is 4.79 Å². The average molecular weight is 300 g/mol. The van der Waals surface area contributed by atoms with Gasteiger partial charge in [0.05, 0.1) is 6.54 Å². The average Bonchev–Trinajstić information content (AvgIpc) is 2.43. The van der Waals surface area contributed by atoms with E-state index in [4.69, 9.17) is 5.11 Å². The Labute approximate surface area is 121 Å². The number of aliphatic carboxylic acids is 1. The zero-order chi connectivity index (χ0) is 15.7. The zero-order valence-corrected chi connectivity index (χ0v) is 11.4. The van der Waals surface area contributed by atoms with E-state index in [2.05, 4.69) is 5.32 Å². The fourth-order valence-corrected chi connectivity index (χ4v) is 1.83. The Kier molecular flexibility index (Phi) is 7.14. The molecule has 7 heteroatoms. The molecule has 0 bridgehead atoms. The number of alkyl halides is 2. The third kappa shape index (κ3) is 7.86. The molecule has 0 fully saturated rings. The summed E-state index contributed by atoms with van der Waals surface area (Å²) >= 11 is 0. The normalized spacial score (nSPS) is 12.0. The van der Waals surface area contributed by atoms with Crippen LogP contribution < -0.4 is 10.6 Å². The van der Waals surface area contributed by atoms with Crippen molar-refractivity contribution in [2.45, 2.75) is 31.7 Å². The molecule has 116 valence electrons. The molecule has 1 atom stereocenters. The number of carbonyl (C=O) groups excluding carboxylic acids is 1. The predicted molar refractivity (Wildman–Crippen MR) is 73.3 cm³/mol. The van der Waals surface area contributed by atoms with Crippen molar-refractivity contribution in [3.63, 3.8) is 0 Å². The van der Waals surface area contributed by atoms with Crippen molar-refractivity contribution in [2.24, 2.45) is 0 Å². The van der Waals surface area contributed by atoms with Crippen molar-refractivity contribution >= 4 is 12.0 Å². The van der Waals surface area contributed by atoms with Crippen molar-refractivity contribution in [1.82, 2.24) is 10.6 Å². The lowest BCUT2D eigenvalue weighted by Gasteiger charge is -2.18. The largest absolute Gasteiger partial charge is 0.481 e. The Morgan fingerprint density at radius 2 is 1.86 bits per heavy atom. The van der Waals surface area contributed by atoms with E-state index >= 15 is 0 Å². The molecule has 0 aromatic heterocycles. The summed E-state index contributed by atoms with van der Waals surface area (Å²) < 4.78 is 24.0. The second-order valence-electron chi connectivity index (χ2n) is 4.56. The Morgan fingerprint density at radius 3 is 2.43 bits per heavy atom. The number of hydrogen-bond donors (Lipinski definition) is 3. The fraction of sp³-hybridized carbons (Fsp3) is 0.429. The van der Waals surface area contributed by atoms with Crippen LogP contribution in [-0.2, 0) is 11.2 Å². The third-order valence-electron chi connectivity index (χ3n) is 2.78. The van der Waals surface area contributed by atoms with Crippen LogP contribution in [0.25, 0.3) is 0 Å². The maximum atomic E-state index is 12.0. The number of carboxylic acid groups (broad SMARTS) is 1. The van der Waals surface area contributed by atoms with Crippen LogP contribution in [0.1, 0.15) is 18.4 Å². The van der Waals surface area contributed by atoms with Crippen molar-refractivity contribution in [2.75, 3.05) is 6.54 Å². The van der Waals surface area contributed by atoms with Crippen LogP contribution in [0.15, 0.2) is 30.3 Å². The van der Waals surface area contributed by atoms with Crippen LogP contribution in [0, 0.1) is 0 Å². The lowest BCUT2D eigenvalue weighted by Crippen LogP contribution is -2.44. The summed E-state index contributed by atoms with van der Waals surface area (Å²) in [5.74, 6) is -0.970. The first-order chi connectivity index (χ1) is 9.97. The Hall–Kier alpha value is -2.18. The van der Waals surface area contributed by atoms with Gasteiger partial charge in [0.15, 0.2) is 0 Å². The van der Waals surface area contributed by atoms with Gasteiger partial charge in [-0.25, -0.2) is 13.6 Å². The Balaban J connectivity index is 2.55. The number of urea groups is 1. The highest BCUT2D eigenvalue weighted by Crippen LogP contribution is 2.08. The molecule has 0 aliphatic carbocycles. The molecule has 5 nitrogen and oxygen atoms in total. The van der Waals surface area contributed by atoms with Crippen LogP contribution in [0.5, 0.6) is 0 Å². The predicted octanol–water partition coefficient (Wildman–Crippen LogP) is 2.03. The molecule has 0 aliphatic rings. The van der Waals surface area contributed by atoms with E-state index in [-0.39, 0.29) is 12.8 Å². The maximum absolute atomic E-state index is 12.0. The molecule has 1 unspecified atom stereocenters. The molecule has 0 spiro atoms. The van der Waals surface area contributed by atoms with Gasteiger partial charge in [-0.05, 0) is 18.4 Å². The van der Waals surface area contributed by atoms with Crippen molar-refractivity contribution in [3.8, 4) is 0 Å². The first-order valence-electron chi connectivity index (χ1n) is 6.55. The van der Waals surface area contributed by atoms with Gasteiger partial charge in [-0.15, -0.1) is 0 Å². The standard InChI is InChI=1S/C14H18F2N2O3/c15-12(16)9-17-14(21)18-11(6-7-13(19)20)8-10-4-2-1-3-5-10/h1-5,11-12H,6-9H2,(H,19,20)(H2,17,18,21). The number of carboxylic acids is 1. The van der Waals surface area contributed by atoms with Gasteiger partial charge in [0, 0.05) is 12.5 Å². The number of rotatable bonds is 8. The van der Waals surface area contributed by atoms with E-state index in [1.54, 1.807) is 0 Å². The van der Waals surface area contributed by atoms with Crippen molar-refractivity contribution in [3.05, 3.63) is 35.9 Å². The fourth-order valence-electron chi connectivity index (χ4n) is 1.83. The molecule has 0 saturated carbocycles. The van der Waals surface area contributed by atoms with Crippen LogP contribution in [0.4, 0.5) is 13.6 Å². The molecule has 2 amide bonds. The molecule has 1 rings (SSSR count). The molecular formula is C14H18F2N2O3. The number of benzene rings is 1. The van der Waals surface area contributed by atoms with Gasteiger partial charge in [0.1, 0.15) is 0 Å². The zero-order valence-electron chi connectivity index (χ0n) is 11.4. The van der Waals surface area contributed by atoms with E-state index in [0.29, 0.717) is 6.42 Å². The topological polar surface area (TPSA) is 78.4 Å². The third-order valence-corrected chi connectivity index (χ3v) is 2.78. The molecule has 1 aromatic rings. The van der Waals surface area contributed by atoms with Gasteiger partial charge in [0.25, 0.3) is 6.43 Å². The van der Waals surface area contributed by atoms with Crippen LogP contribution in [0.2, 0.25) is 0 Å². The molecule has 0 heterocycles. The minimum Gasteiger partial charge on any atom is -0.481 e. The first-order valence-corrected chi connectivity index (χ1v) is 6.55. The van der Waals surface area contributed by atoms with E-state index in [1.807, 2.05) is 35.6 Å². The molecule has 0 aliphatic heterocycles.